The van der Waals surface area contributed by atoms with Gasteiger partial charge >= 0.3 is 0 Å². The van der Waals surface area contributed by atoms with Gasteiger partial charge in [-0.1, -0.05) is 38.5 Å². The van der Waals surface area contributed by atoms with E-state index >= 15 is 0 Å². The second-order valence-electron chi connectivity index (χ2n) is 4.50. The lowest BCUT2D eigenvalue weighted by Gasteiger charge is -2.11. The summed E-state index contributed by atoms with van der Waals surface area (Å²) in [6, 6.07) is 2.46. The van der Waals surface area contributed by atoms with Crippen molar-refractivity contribution in [2.45, 2.75) is 38.0 Å². The number of halogens is 3. The fourth-order valence-electron chi connectivity index (χ4n) is 1.60. The van der Waals surface area contributed by atoms with Crippen LogP contribution in [0.25, 0.3) is 0 Å². The van der Waals surface area contributed by atoms with Gasteiger partial charge in [0.15, 0.2) is 5.12 Å². The summed E-state index contributed by atoms with van der Waals surface area (Å²) in [6.45, 7) is 3.94. The predicted molar refractivity (Wildman–Crippen MR) is 83.8 cm³/mol. The maximum absolute atomic E-state index is 13.5. The van der Waals surface area contributed by atoms with Crippen LogP contribution in [0.4, 0.5) is 4.39 Å². The summed E-state index contributed by atoms with van der Waals surface area (Å²) in [5, 5.41) is -0.873. The Hall–Kier alpha value is -0.390. The van der Waals surface area contributed by atoms with Gasteiger partial charge in [0.1, 0.15) is 5.82 Å². The molecule has 0 bridgehead atoms. The van der Waals surface area contributed by atoms with Gasteiger partial charge in [-0.05, 0) is 46.1 Å². The normalized spacial score (nSPS) is 12.2. The van der Waals surface area contributed by atoms with Gasteiger partial charge in [0.05, 0.1) is 5.56 Å². The Kier molecular flexibility index (Phi) is 7.20. The highest BCUT2D eigenvalue weighted by Gasteiger charge is 2.19. The second-order valence-corrected chi connectivity index (χ2v) is 6.74. The van der Waals surface area contributed by atoms with Crippen molar-refractivity contribution in [3.05, 3.63) is 28.0 Å². The largest absolute Gasteiger partial charge is 0.287 e. The minimum absolute atomic E-state index is 0.00118. The van der Waals surface area contributed by atoms with E-state index in [2.05, 4.69) is 22.9 Å². The Labute approximate surface area is 135 Å². The van der Waals surface area contributed by atoms with Gasteiger partial charge < -0.3 is 0 Å². The van der Waals surface area contributed by atoms with E-state index in [1.165, 1.54) is 6.07 Å². The number of carbonyl (C=O) groups excluding carboxylic acids is 2. The third-order valence-corrected chi connectivity index (χ3v) is 5.12. The molecule has 0 fully saturated rings. The first kappa shape index (κ1) is 17.7. The van der Waals surface area contributed by atoms with Crippen LogP contribution in [0.15, 0.2) is 21.5 Å². The van der Waals surface area contributed by atoms with Crippen LogP contribution in [-0.2, 0) is 4.79 Å². The second kappa shape index (κ2) is 8.15. The van der Waals surface area contributed by atoms with Gasteiger partial charge in [0.25, 0.3) is 5.24 Å². The molecule has 6 heteroatoms. The smallest absolute Gasteiger partial charge is 0.255 e. The molecule has 110 valence electrons. The average Bonchev–Trinajstić information content (AvgIpc) is 2.38. The highest BCUT2D eigenvalue weighted by molar-refractivity contribution is 9.10. The van der Waals surface area contributed by atoms with Crippen LogP contribution in [0, 0.1) is 11.7 Å². The third kappa shape index (κ3) is 4.86. The van der Waals surface area contributed by atoms with Gasteiger partial charge in [-0.3, -0.25) is 9.59 Å². The number of carbonyl (C=O) groups is 2. The SMILES string of the molecule is CCCCC(C)C(=O)Sc1cc(C(=O)Cl)c(F)cc1Br. The van der Waals surface area contributed by atoms with E-state index in [1.807, 2.05) is 6.92 Å². The maximum atomic E-state index is 13.5. The highest BCUT2D eigenvalue weighted by Crippen LogP contribution is 2.33. The molecule has 1 aromatic carbocycles. The summed E-state index contributed by atoms with van der Waals surface area (Å²) >= 11 is 9.51. The number of benzene rings is 1. The highest BCUT2D eigenvalue weighted by atomic mass is 79.9. The van der Waals surface area contributed by atoms with Crippen molar-refractivity contribution in [2.24, 2.45) is 5.92 Å². The van der Waals surface area contributed by atoms with Gasteiger partial charge in [0.2, 0.25) is 0 Å². The van der Waals surface area contributed by atoms with Crippen LogP contribution in [0.5, 0.6) is 0 Å². The Morgan fingerprint density at radius 1 is 1.45 bits per heavy atom. The lowest BCUT2D eigenvalue weighted by molar-refractivity contribution is -0.114. The van der Waals surface area contributed by atoms with Crippen LogP contribution in [-0.4, -0.2) is 10.4 Å². The summed E-state index contributed by atoms with van der Waals surface area (Å²) in [5.74, 6) is -0.778. The first-order valence-electron chi connectivity index (χ1n) is 6.27. The minimum Gasteiger partial charge on any atom is -0.287 e. The van der Waals surface area contributed by atoms with Crippen LogP contribution >= 0.6 is 39.3 Å². The van der Waals surface area contributed by atoms with Crippen molar-refractivity contribution in [3.63, 3.8) is 0 Å². The van der Waals surface area contributed by atoms with Crippen LogP contribution in [0.3, 0.4) is 0 Å². The molecule has 1 rings (SSSR count). The first-order valence-corrected chi connectivity index (χ1v) is 8.26. The van der Waals surface area contributed by atoms with Crippen LogP contribution in [0.2, 0.25) is 0 Å². The Bertz CT molecular complexity index is 522. The van der Waals surface area contributed by atoms with Crippen molar-refractivity contribution >= 4 is 49.7 Å². The summed E-state index contributed by atoms with van der Waals surface area (Å²) < 4.78 is 14.0. The van der Waals surface area contributed by atoms with Gasteiger partial charge in [-0.2, -0.15) is 0 Å². The van der Waals surface area contributed by atoms with Gasteiger partial charge in [-0.15, -0.1) is 0 Å². The maximum Gasteiger partial charge on any atom is 0.255 e. The Balaban J connectivity index is 2.89. The van der Waals surface area contributed by atoms with Crippen LogP contribution in [0.1, 0.15) is 43.5 Å². The molecule has 0 N–H and O–H groups in total. The van der Waals surface area contributed by atoms with Crippen molar-refractivity contribution in [3.8, 4) is 0 Å². The molecule has 1 aromatic rings. The molecule has 1 atom stereocenters. The molecular weight excluding hydrogens is 367 g/mol. The van der Waals surface area contributed by atoms with E-state index in [0.29, 0.717) is 9.37 Å². The molecule has 0 aliphatic carbocycles. The third-order valence-electron chi connectivity index (χ3n) is 2.84. The number of thioether (sulfide) groups is 1. The minimum atomic E-state index is -0.872. The zero-order valence-electron chi connectivity index (χ0n) is 11.2. The van der Waals surface area contributed by atoms with E-state index in [-0.39, 0.29) is 16.6 Å². The average molecular weight is 382 g/mol. The fraction of sp³-hybridized carbons (Fsp3) is 0.429. The quantitative estimate of drug-likeness (QED) is 0.488. The molecule has 0 spiro atoms. The van der Waals surface area contributed by atoms with E-state index in [1.54, 1.807) is 0 Å². The Morgan fingerprint density at radius 2 is 2.10 bits per heavy atom. The number of hydrogen-bond donors (Lipinski definition) is 0. The zero-order valence-corrected chi connectivity index (χ0v) is 14.4. The summed E-state index contributed by atoms with van der Waals surface area (Å²) in [7, 11) is 0. The number of unbranched alkanes of at least 4 members (excludes halogenated alkanes) is 1. The van der Waals surface area contributed by atoms with E-state index in [4.69, 9.17) is 11.6 Å². The molecule has 0 saturated carbocycles. The molecule has 20 heavy (non-hydrogen) atoms. The van der Waals surface area contributed by atoms with Crippen molar-refractivity contribution in [2.75, 3.05) is 0 Å². The fourth-order valence-corrected chi connectivity index (χ4v) is 3.17. The molecule has 1 unspecified atom stereocenters. The molecule has 0 aromatic heterocycles. The molecule has 0 amide bonds. The Morgan fingerprint density at radius 3 is 2.65 bits per heavy atom. The standard InChI is InChI=1S/C14H15BrClFO2S/c1-3-4-5-8(2)14(19)20-12-6-9(13(16)18)11(17)7-10(12)15/h6-8H,3-5H2,1-2H3. The monoisotopic (exact) mass is 380 g/mol. The number of rotatable bonds is 6. The van der Waals surface area contributed by atoms with Crippen molar-refractivity contribution < 1.29 is 14.0 Å². The lowest BCUT2D eigenvalue weighted by atomic mass is 10.1. The van der Waals surface area contributed by atoms with Crippen molar-refractivity contribution in [1.29, 1.82) is 0 Å². The van der Waals surface area contributed by atoms with E-state index in [0.717, 1.165) is 37.1 Å². The molecule has 0 heterocycles. The molecule has 0 aliphatic rings. The molecular formula is C14H15BrClFO2S. The topological polar surface area (TPSA) is 34.1 Å². The molecule has 2 nitrogen and oxygen atoms in total. The summed E-state index contributed by atoms with van der Waals surface area (Å²) in [6.07, 6.45) is 2.85. The van der Waals surface area contributed by atoms with Crippen molar-refractivity contribution in [1.82, 2.24) is 0 Å². The molecule has 0 aliphatic heterocycles. The lowest BCUT2D eigenvalue weighted by Crippen LogP contribution is -2.07. The van der Waals surface area contributed by atoms with E-state index < -0.39 is 11.1 Å². The summed E-state index contributed by atoms with van der Waals surface area (Å²) in [5.41, 5.74) is -0.216. The van der Waals surface area contributed by atoms with E-state index in [9.17, 15) is 14.0 Å². The van der Waals surface area contributed by atoms with Crippen LogP contribution < -0.4 is 0 Å². The zero-order chi connectivity index (χ0) is 15.3. The molecule has 0 radical (unpaired) electrons. The summed E-state index contributed by atoms with van der Waals surface area (Å²) in [4.78, 5) is 23.7. The first-order chi connectivity index (χ1) is 9.36. The predicted octanol–water partition coefficient (Wildman–Crippen LogP) is 5.41. The van der Waals surface area contributed by atoms with Gasteiger partial charge in [0, 0.05) is 15.3 Å². The van der Waals surface area contributed by atoms with Gasteiger partial charge in [-0.25, -0.2) is 4.39 Å². The molecule has 0 saturated heterocycles. The number of hydrogen-bond acceptors (Lipinski definition) is 3.